The summed E-state index contributed by atoms with van der Waals surface area (Å²) in [5.41, 5.74) is 1.17. The molecule has 0 aromatic heterocycles. The van der Waals surface area contributed by atoms with E-state index >= 15 is 0 Å². The van der Waals surface area contributed by atoms with Crippen molar-refractivity contribution in [3.63, 3.8) is 0 Å². The van der Waals surface area contributed by atoms with E-state index in [0.717, 1.165) is 25.9 Å². The zero-order chi connectivity index (χ0) is 15.1. The van der Waals surface area contributed by atoms with Gasteiger partial charge in [-0.15, -0.1) is 12.4 Å². The number of amides is 1. The van der Waals surface area contributed by atoms with Crippen LogP contribution in [-0.4, -0.2) is 36.8 Å². The van der Waals surface area contributed by atoms with Gasteiger partial charge in [0.25, 0.3) is 0 Å². The molecule has 0 saturated carbocycles. The van der Waals surface area contributed by atoms with Crippen LogP contribution >= 0.6 is 12.4 Å². The largest absolute Gasteiger partial charge is 0.393 e. The molecular formula is C17H27ClN2O2. The second kappa shape index (κ2) is 9.82. The molecule has 2 unspecified atom stereocenters. The summed E-state index contributed by atoms with van der Waals surface area (Å²) in [6, 6.07) is 10.1. The third-order valence-corrected chi connectivity index (χ3v) is 4.13. The summed E-state index contributed by atoms with van der Waals surface area (Å²) in [5, 5.41) is 16.0. The molecule has 1 aliphatic rings. The Balaban J connectivity index is 0.00000242. The van der Waals surface area contributed by atoms with Crippen molar-refractivity contribution in [3.8, 4) is 0 Å². The van der Waals surface area contributed by atoms with Crippen molar-refractivity contribution in [2.45, 2.75) is 38.2 Å². The van der Waals surface area contributed by atoms with Gasteiger partial charge in [-0.05, 0) is 44.8 Å². The van der Waals surface area contributed by atoms with Crippen molar-refractivity contribution in [1.29, 1.82) is 0 Å². The molecule has 1 aromatic carbocycles. The van der Waals surface area contributed by atoms with Crippen LogP contribution < -0.4 is 10.6 Å². The van der Waals surface area contributed by atoms with Gasteiger partial charge in [-0.2, -0.15) is 0 Å². The minimum atomic E-state index is -0.369. The zero-order valence-electron chi connectivity index (χ0n) is 13.1. The maximum absolute atomic E-state index is 12.2. The van der Waals surface area contributed by atoms with E-state index in [1.54, 1.807) is 6.92 Å². The lowest BCUT2D eigenvalue weighted by Crippen LogP contribution is -2.39. The fraction of sp³-hybridized carbons (Fsp3) is 0.588. The van der Waals surface area contributed by atoms with Crippen LogP contribution in [0.2, 0.25) is 0 Å². The third-order valence-electron chi connectivity index (χ3n) is 4.13. The summed E-state index contributed by atoms with van der Waals surface area (Å²) >= 11 is 0. The number of carbonyl (C=O) groups excluding carboxylic acids is 1. The molecule has 124 valence electrons. The van der Waals surface area contributed by atoms with Crippen molar-refractivity contribution in [2.75, 3.05) is 19.6 Å². The van der Waals surface area contributed by atoms with Crippen LogP contribution in [0.5, 0.6) is 0 Å². The van der Waals surface area contributed by atoms with E-state index in [1.807, 2.05) is 18.2 Å². The van der Waals surface area contributed by atoms with Gasteiger partial charge in [0.2, 0.25) is 5.91 Å². The summed E-state index contributed by atoms with van der Waals surface area (Å²) < 4.78 is 0. The summed E-state index contributed by atoms with van der Waals surface area (Å²) in [7, 11) is 0. The Morgan fingerprint density at radius 2 is 1.95 bits per heavy atom. The molecule has 1 heterocycles. The average Bonchev–Trinajstić information content (AvgIpc) is 2.52. The van der Waals surface area contributed by atoms with Crippen LogP contribution in [-0.2, 0) is 4.79 Å². The molecule has 1 saturated heterocycles. The van der Waals surface area contributed by atoms with E-state index in [2.05, 4.69) is 22.8 Å². The van der Waals surface area contributed by atoms with E-state index in [1.165, 1.54) is 5.56 Å². The van der Waals surface area contributed by atoms with E-state index in [-0.39, 0.29) is 36.3 Å². The van der Waals surface area contributed by atoms with Crippen LogP contribution in [0.3, 0.4) is 0 Å². The highest BCUT2D eigenvalue weighted by atomic mass is 35.5. The lowest BCUT2D eigenvalue weighted by atomic mass is 9.92. The van der Waals surface area contributed by atoms with E-state index in [0.29, 0.717) is 13.0 Å². The van der Waals surface area contributed by atoms with E-state index < -0.39 is 0 Å². The minimum Gasteiger partial charge on any atom is -0.393 e. The summed E-state index contributed by atoms with van der Waals surface area (Å²) in [6.07, 6.45) is 2.12. The molecule has 0 spiro atoms. The smallest absolute Gasteiger partial charge is 0.223 e. The third kappa shape index (κ3) is 5.95. The Morgan fingerprint density at radius 1 is 1.32 bits per heavy atom. The monoisotopic (exact) mass is 326 g/mol. The number of aliphatic hydroxyl groups excluding tert-OH is 1. The Bertz CT molecular complexity index is 434. The van der Waals surface area contributed by atoms with Crippen LogP contribution in [0.15, 0.2) is 30.3 Å². The van der Waals surface area contributed by atoms with Gasteiger partial charge < -0.3 is 15.7 Å². The van der Waals surface area contributed by atoms with Crippen LogP contribution in [0, 0.1) is 5.92 Å². The molecule has 4 nitrogen and oxygen atoms in total. The molecule has 1 amide bonds. The number of hydrogen-bond acceptors (Lipinski definition) is 3. The maximum Gasteiger partial charge on any atom is 0.223 e. The Hall–Kier alpha value is -1.10. The van der Waals surface area contributed by atoms with E-state index in [9.17, 15) is 9.90 Å². The van der Waals surface area contributed by atoms with Gasteiger partial charge in [-0.3, -0.25) is 4.79 Å². The van der Waals surface area contributed by atoms with Crippen molar-refractivity contribution in [1.82, 2.24) is 10.6 Å². The SMILES string of the molecule is CC(O)CC(CNC(=O)C1CCNCC1)c1ccccc1.Cl. The summed E-state index contributed by atoms with van der Waals surface area (Å²) in [4.78, 5) is 12.2. The van der Waals surface area contributed by atoms with Gasteiger partial charge in [0.1, 0.15) is 0 Å². The molecule has 3 N–H and O–H groups in total. The first kappa shape index (κ1) is 18.9. The van der Waals surface area contributed by atoms with Crippen LogP contribution in [0.25, 0.3) is 0 Å². The molecule has 1 aliphatic heterocycles. The molecule has 5 heteroatoms. The molecule has 22 heavy (non-hydrogen) atoms. The van der Waals surface area contributed by atoms with Crippen molar-refractivity contribution in [3.05, 3.63) is 35.9 Å². The number of halogens is 1. The highest BCUT2D eigenvalue weighted by molar-refractivity contribution is 5.85. The van der Waals surface area contributed by atoms with Gasteiger partial charge in [0, 0.05) is 18.4 Å². The summed E-state index contributed by atoms with van der Waals surface area (Å²) in [6.45, 7) is 4.24. The number of rotatable bonds is 6. The molecule has 2 atom stereocenters. The molecule has 0 bridgehead atoms. The molecule has 1 fully saturated rings. The Morgan fingerprint density at radius 3 is 2.55 bits per heavy atom. The maximum atomic E-state index is 12.2. The van der Waals surface area contributed by atoms with Gasteiger partial charge in [-0.1, -0.05) is 30.3 Å². The number of benzene rings is 1. The number of aliphatic hydroxyl groups is 1. The van der Waals surface area contributed by atoms with Gasteiger partial charge in [0.15, 0.2) is 0 Å². The topological polar surface area (TPSA) is 61.4 Å². The van der Waals surface area contributed by atoms with Gasteiger partial charge in [-0.25, -0.2) is 0 Å². The quantitative estimate of drug-likeness (QED) is 0.750. The highest BCUT2D eigenvalue weighted by Gasteiger charge is 2.22. The predicted molar refractivity (Wildman–Crippen MR) is 91.3 cm³/mol. The number of piperidine rings is 1. The molecule has 1 aromatic rings. The van der Waals surface area contributed by atoms with Crippen LogP contribution in [0.1, 0.15) is 37.7 Å². The fourth-order valence-electron chi connectivity index (χ4n) is 2.93. The lowest BCUT2D eigenvalue weighted by molar-refractivity contribution is -0.125. The van der Waals surface area contributed by atoms with Crippen molar-refractivity contribution >= 4 is 18.3 Å². The second-order valence-corrected chi connectivity index (χ2v) is 5.96. The van der Waals surface area contributed by atoms with Gasteiger partial charge >= 0.3 is 0 Å². The fourth-order valence-corrected chi connectivity index (χ4v) is 2.93. The number of carbonyl (C=O) groups is 1. The molecular weight excluding hydrogens is 300 g/mol. The average molecular weight is 327 g/mol. The molecule has 0 aliphatic carbocycles. The Kier molecular flexibility index (Phi) is 8.46. The molecule has 0 radical (unpaired) electrons. The predicted octanol–water partition coefficient (Wildman–Crippen LogP) is 2.08. The first-order chi connectivity index (χ1) is 10.2. The first-order valence-corrected chi connectivity index (χ1v) is 7.88. The first-order valence-electron chi connectivity index (χ1n) is 7.88. The number of nitrogens with one attached hydrogen (secondary N) is 2. The van der Waals surface area contributed by atoms with Gasteiger partial charge in [0.05, 0.1) is 6.10 Å². The van der Waals surface area contributed by atoms with Crippen molar-refractivity contribution < 1.29 is 9.90 Å². The summed E-state index contributed by atoms with van der Waals surface area (Å²) in [5.74, 6) is 0.453. The number of hydrogen-bond donors (Lipinski definition) is 3. The highest BCUT2D eigenvalue weighted by Crippen LogP contribution is 2.21. The standard InChI is InChI=1S/C17H26N2O2.ClH/c1-13(20)11-16(14-5-3-2-4-6-14)12-19-17(21)15-7-9-18-10-8-15;/h2-6,13,15-16,18,20H,7-12H2,1H3,(H,19,21);1H. The molecule has 2 rings (SSSR count). The Labute approximate surface area is 139 Å². The lowest BCUT2D eigenvalue weighted by Gasteiger charge is -2.24. The second-order valence-electron chi connectivity index (χ2n) is 5.96. The van der Waals surface area contributed by atoms with Crippen LogP contribution in [0.4, 0.5) is 0 Å². The normalized spacial score (nSPS) is 18.1. The van der Waals surface area contributed by atoms with E-state index in [4.69, 9.17) is 0 Å². The van der Waals surface area contributed by atoms with Crippen molar-refractivity contribution in [2.24, 2.45) is 5.92 Å². The zero-order valence-corrected chi connectivity index (χ0v) is 13.9. The minimum absolute atomic E-state index is 0.